The molecule has 0 radical (unpaired) electrons. The SMILES string of the molecule is CCCCCCC(C)c1cc(Cl)nnc1Cl. The zero-order chi connectivity index (χ0) is 12.0. The van der Waals surface area contributed by atoms with Crippen LogP contribution in [0.1, 0.15) is 57.4 Å². The second-order valence-electron chi connectivity index (χ2n) is 4.16. The van der Waals surface area contributed by atoms with Crippen molar-refractivity contribution in [2.75, 3.05) is 0 Å². The van der Waals surface area contributed by atoms with E-state index in [1.807, 2.05) is 6.07 Å². The molecule has 1 aromatic rings. The standard InChI is InChI=1S/C12H18Cl2N2/c1-3-4-5-6-7-9(2)10-8-11(13)15-16-12(10)14/h8-9H,3-7H2,1-2H3. The predicted octanol–water partition coefficient (Wildman–Crippen LogP) is 4.86. The lowest BCUT2D eigenvalue weighted by Crippen LogP contribution is -1.98. The molecular weight excluding hydrogens is 243 g/mol. The van der Waals surface area contributed by atoms with Gasteiger partial charge in [-0.3, -0.25) is 0 Å². The van der Waals surface area contributed by atoms with E-state index in [4.69, 9.17) is 23.2 Å². The van der Waals surface area contributed by atoms with E-state index in [2.05, 4.69) is 24.0 Å². The van der Waals surface area contributed by atoms with Crippen LogP contribution in [0.15, 0.2) is 6.07 Å². The van der Waals surface area contributed by atoms with E-state index < -0.39 is 0 Å². The summed E-state index contributed by atoms with van der Waals surface area (Å²) >= 11 is 11.8. The minimum absolute atomic E-state index is 0.400. The van der Waals surface area contributed by atoms with Crippen molar-refractivity contribution in [1.82, 2.24) is 10.2 Å². The molecule has 1 heterocycles. The number of hydrogen-bond acceptors (Lipinski definition) is 2. The molecule has 2 nitrogen and oxygen atoms in total. The van der Waals surface area contributed by atoms with E-state index in [0.717, 1.165) is 12.0 Å². The van der Waals surface area contributed by atoms with Crippen molar-refractivity contribution in [3.05, 3.63) is 21.9 Å². The molecule has 4 heteroatoms. The Balaban J connectivity index is 2.51. The first-order chi connectivity index (χ1) is 7.65. The zero-order valence-corrected chi connectivity index (χ0v) is 11.4. The van der Waals surface area contributed by atoms with Crippen LogP contribution in [-0.2, 0) is 0 Å². The Hall–Kier alpha value is -0.340. The molecule has 1 unspecified atom stereocenters. The van der Waals surface area contributed by atoms with Crippen molar-refractivity contribution >= 4 is 23.2 Å². The molecule has 1 atom stereocenters. The van der Waals surface area contributed by atoms with E-state index in [0.29, 0.717) is 16.2 Å². The molecular formula is C12H18Cl2N2. The highest BCUT2D eigenvalue weighted by atomic mass is 35.5. The quantitative estimate of drug-likeness (QED) is 0.683. The fourth-order valence-corrected chi connectivity index (χ4v) is 2.18. The monoisotopic (exact) mass is 260 g/mol. The summed E-state index contributed by atoms with van der Waals surface area (Å²) in [5.41, 5.74) is 1.01. The molecule has 0 bridgehead atoms. The van der Waals surface area contributed by atoms with Gasteiger partial charge >= 0.3 is 0 Å². The summed E-state index contributed by atoms with van der Waals surface area (Å²) in [6.45, 7) is 4.37. The average molecular weight is 261 g/mol. The van der Waals surface area contributed by atoms with Gasteiger partial charge in [0.15, 0.2) is 10.3 Å². The lowest BCUT2D eigenvalue weighted by Gasteiger charge is -2.12. The molecule has 1 rings (SSSR count). The summed E-state index contributed by atoms with van der Waals surface area (Å²) in [7, 11) is 0. The van der Waals surface area contributed by atoms with Gasteiger partial charge in [0, 0.05) is 0 Å². The average Bonchev–Trinajstić information content (AvgIpc) is 2.27. The molecule has 1 aromatic heterocycles. The normalized spacial score (nSPS) is 12.8. The lowest BCUT2D eigenvalue weighted by atomic mass is 9.96. The second kappa shape index (κ2) is 7.08. The van der Waals surface area contributed by atoms with Gasteiger partial charge in [-0.2, -0.15) is 0 Å². The zero-order valence-electron chi connectivity index (χ0n) is 9.84. The van der Waals surface area contributed by atoms with Crippen LogP contribution in [0.2, 0.25) is 10.3 Å². The number of aromatic nitrogens is 2. The summed E-state index contributed by atoms with van der Waals surface area (Å²) in [5, 5.41) is 8.44. The van der Waals surface area contributed by atoms with E-state index in [1.54, 1.807) is 0 Å². The summed E-state index contributed by atoms with van der Waals surface area (Å²) in [4.78, 5) is 0. The second-order valence-corrected chi connectivity index (χ2v) is 4.91. The maximum absolute atomic E-state index is 6.00. The van der Waals surface area contributed by atoms with Crippen LogP contribution < -0.4 is 0 Å². The molecule has 90 valence electrons. The van der Waals surface area contributed by atoms with Crippen molar-refractivity contribution in [2.24, 2.45) is 0 Å². The Kier molecular flexibility index (Phi) is 6.07. The summed E-state index contributed by atoms with van der Waals surface area (Å²) in [5.74, 6) is 0.400. The summed E-state index contributed by atoms with van der Waals surface area (Å²) in [6.07, 6.45) is 6.20. The van der Waals surface area contributed by atoms with Gasteiger partial charge in [-0.1, -0.05) is 62.7 Å². The minimum Gasteiger partial charge on any atom is -0.137 e. The van der Waals surface area contributed by atoms with Crippen molar-refractivity contribution < 1.29 is 0 Å². The number of nitrogens with zero attached hydrogens (tertiary/aromatic N) is 2. The third-order valence-corrected chi connectivity index (χ3v) is 3.25. The highest BCUT2D eigenvalue weighted by Gasteiger charge is 2.11. The highest BCUT2D eigenvalue weighted by molar-refractivity contribution is 6.31. The van der Waals surface area contributed by atoms with Crippen LogP contribution in [0, 0.1) is 0 Å². The van der Waals surface area contributed by atoms with Crippen molar-refractivity contribution in [3.63, 3.8) is 0 Å². The van der Waals surface area contributed by atoms with Gasteiger partial charge in [0.25, 0.3) is 0 Å². The molecule has 0 amide bonds. The van der Waals surface area contributed by atoms with Crippen LogP contribution in [0.5, 0.6) is 0 Å². The van der Waals surface area contributed by atoms with Gasteiger partial charge in [-0.05, 0) is 24.0 Å². The third kappa shape index (κ3) is 4.26. The first kappa shape index (κ1) is 13.7. The molecule has 0 spiro atoms. The van der Waals surface area contributed by atoms with Crippen molar-refractivity contribution in [3.8, 4) is 0 Å². The van der Waals surface area contributed by atoms with Gasteiger partial charge < -0.3 is 0 Å². The number of hydrogen-bond donors (Lipinski definition) is 0. The Morgan fingerprint density at radius 1 is 1.19 bits per heavy atom. The maximum Gasteiger partial charge on any atom is 0.155 e. The first-order valence-corrected chi connectivity index (χ1v) is 6.59. The van der Waals surface area contributed by atoms with Crippen LogP contribution in [-0.4, -0.2) is 10.2 Å². The molecule has 0 aromatic carbocycles. The van der Waals surface area contributed by atoms with Crippen LogP contribution in [0.3, 0.4) is 0 Å². The molecule has 0 fully saturated rings. The fourth-order valence-electron chi connectivity index (χ4n) is 1.74. The minimum atomic E-state index is 0.400. The van der Waals surface area contributed by atoms with Crippen molar-refractivity contribution in [1.29, 1.82) is 0 Å². The molecule has 16 heavy (non-hydrogen) atoms. The van der Waals surface area contributed by atoms with E-state index >= 15 is 0 Å². The van der Waals surface area contributed by atoms with E-state index in [9.17, 15) is 0 Å². The Morgan fingerprint density at radius 2 is 1.94 bits per heavy atom. The fraction of sp³-hybridized carbons (Fsp3) is 0.667. The molecule has 0 saturated heterocycles. The summed E-state index contributed by atoms with van der Waals surface area (Å²) < 4.78 is 0. The number of unbranched alkanes of at least 4 members (excludes halogenated alkanes) is 3. The van der Waals surface area contributed by atoms with Gasteiger partial charge in [-0.25, -0.2) is 0 Å². The molecule has 0 aliphatic rings. The first-order valence-electron chi connectivity index (χ1n) is 5.83. The topological polar surface area (TPSA) is 25.8 Å². The van der Waals surface area contributed by atoms with Gasteiger partial charge in [0.05, 0.1) is 0 Å². The number of rotatable bonds is 6. The Bertz CT molecular complexity index is 329. The largest absolute Gasteiger partial charge is 0.155 e. The van der Waals surface area contributed by atoms with Crippen LogP contribution >= 0.6 is 23.2 Å². The summed E-state index contributed by atoms with van der Waals surface area (Å²) in [6, 6.07) is 1.82. The van der Waals surface area contributed by atoms with Gasteiger partial charge in [-0.15, -0.1) is 10.2 Å². The van der Waals surface area contributed by atoms with E-state index in [-0.39, 0.29) is 0 Å². The predicted molar refractivity (Wildman–Crippen MR) is 69.2 cm³/mol. The Labute approximate surface area is 107 Å². The van der Waals surface area contributed by atoms with Crippen LogP contribution in [0.4, 0.5) is 0 Å². The Morgan fingerprint density at radius 3 is 2.62 bits per heavy atom. The van der Waals surface area contributed by atoms with Crippen molar-refractivity contribution in [2.45, 2.75) is 51.9 Å². The maximum atomic E-state index is 6.00. The van der Waals surface area contributed by atoms with Crippen LogP contribution in [0.25, 0.3) is 0 Å². The highest BCUT2D eigenvalue weighted by Crippen LogP contribution is 2.28. The third-order valence-electron chi connectivity index (χ3n) is 2.77. The molecule has 0 N–H and O–H groups in total. The number of halogens is 2. The smallest absolute Gasteiger partial charge is 0.137 e. The molecule has 0 aliphatic heterocycles. The van der Waals surface area contributed by atoms with Gasteiger partial charge in [0.2, 0.25) is 0 Å². The molecule has 0 saturated carbocycles. The van der Waals surface area contributed by atoms with E-state index in [1.165, 1.54) is 25.7 Å². The lowest BCUT2D eigenvalue weighted by molar-refractivity contribution is 0.578. The molecule has 0 aliphatic carbocycles. The van der Waals surface area contributed by atoms with Gasteiger partial charge in [0.1, 0.15) is 0 Å².